The van der Waals surface area contributed by atoms with Crippen molar-refractivity contribution in [1.29, 1.82) is 0 Å². The highest BCUT2D eigenvalue weighted by molar-refractivity contribution is 4.92. The van der Waals surface area contributed by atoms with Crippen LogP contribution in [0.4, 0.5) is 0 Å². The van der Waals surface area contributed by atoms with E-state index >= 15 is 0 Å². The van der Waals surface area contributed by atoms with Gasteiger partial charge >= 0.3 is 0 Å². The number of nitrogens with two attached hydrogens (primary N) is 1. The molecule has 88 valence electrons. The zero-order valence-electron chi connectivity index (χ0n) is 10.2. The minimum atomic E-state index is 0.438. The molecule has 4 atom stereocenters. The molecule has 15 heavy (non-hydrogen) atoms. The fourth-order valence-corrected chi connectivity index (χ4v) is 3.42. The Morgan fingerprint density at radius 2 is 2.20 bits per heavy atom. The first-order valence-electron chi connectivity index (χ1n) is 6.45. The summed E-state index contributed by atoms with van der Waals surface area (Å²) in [6, 6.07) is 0. The van der Waals surface area contributed by atoms with Crippen LogP contribution >= 0.6 is 0 Å². The SMILES string of the molecule is CC1CC(CC2(CCN)CCOC2)C1C. The first-order valence-corrected chi connectivity index (χ1v) is 6.45. The van der Waals surface area contributed by atoms with Crippen LogP contribution in [0.15, 0.2) is 0 Å². The second-order valence-electron chi connectivity index (χ2n) is 5.88. The van der Waals surface area contributed by atoms with Crippen LogP contribution in [0.25, 0.3) is 0 Å². The summed E-state index contributed by atoms with van der Waals surface area (Å²) in [4.78, 5) is 0. The highest BCUT2D eigenvalue weighted by atomic mass is 16.5. The van der Waals surface area contributed by atoms with Gasteiger partial charge in [0.05, 0.1) is 6.61 Å². The number of ether oxygens (including phenoxy) is 1. The normalized spacial score (nSPS) is 45.4. The molecular formula is C13H25NO. The zero-order valence-corrected chi connectivity index (χ0v) is 10.2. The van der Waals surface area contributed by atoms with Gasteiger partial charge in [-0.2, -0.15) is 0 Å². The first-order chi connectivity index (χ1) is 7.17. The van der Waals surface area contributed by atoms with Gasteiger partial charge in [0.2, 0.25) is 0 Å². The molecule has 2 fully saturated rings. The van der Waals surface area contributed by atoms with Crippen molar-refractivity contribution in [2.24, 2.45) is 28.9 Å². The minimum absolute atomic E-state index is 0.438. The molecule has 1 aliphatic heterocycles. The lowest BCUT2D eigenvalue weighted by atomic mass is 9.60. The van der Waals surface area contributed by atoms with Gasteiger partial charge in [-0.15, -0.1) is 0 Å². The second kappa shape index (κ2) is 4.42. The second-order valence-corrected chi connectivity index (χ2v) is 5.88. The Kier molecular flexibility index (Phi) is 3.36. The van der Waals surface area contributed by atoms with Crippen LogP contribution < -0.4 is 5.73 Å². The van der Waals surface area contributed by atoms with Crippen molar-refractivity contribution in [3.05, 3.63) is 0 Å². The lowest BCUT2D eigenvalue weighted by molar-refractivity contribution is 0.0371. The monoisotopic (exact) mass is 211 g/mol. The van der Waals surface area contributed by atoms with Crippen LogP contribution in [0.5, 0.6) is 0 Å². The van der Waals surface area contributed by atoms with Crippen LogP contribution in [0.3, 0.4) is 0 Å². The Morgan fingerprint density at radius 1 is 1.40 bits per heavy atom. The van der Waals surface area contributed by atoms with Crippen molar-refractivity contribution in [1.82, 2.24) is 0 Å². The van der Waals surface area contributed by atoms with Gasteiger partial charge < -0.3 is 10.5 Å². The molecule has 2 rings (SSSR count). The van der Waals surface area contributed by atoms with Crippen molar-refractivity contribution >= 4 is 0 Å². The predicted octanol–water partition coefficient (Wildman–Crippen LogP) is 2.42. The predicted molar refractivity (Wildman–Crippen MR) is 62.6 cm³/mol. The van der Waals surface area contributed by atoms with E-state index in [0.29, 0.717) is 5.41 Å². The Morgan fingerprint density at radius 3 is 2.67 bits per heavy atom. The molecule has 0 radical (unpaired) electrons. The van der Waals surface area contributed by atoms with E-state index in [1.165, 1.54) is 19.3 Å². The number of rotatable bonds is 4. The first kappa shape index (κ1) is 11.4. The summed E-state index contributed by atoms with van der Waals surface area (Å²) in [5, 5.41) is 0. The third-order valence-corrected chi connectivity index (χ3v) is 4.87. The summed E-state index contributed by atoms with van der Waals surface area (Å²) in [6.45, 7) is 7.52. The summed E-state index contributed by atoms with van der Waals surface area (Å²) in [7, 11) is 0. The Bertz CT molecular complexity index is 211. The van der Waals surface area contributed by atoms with Crippen molar-refractivity contribution < 1.29 is 4.74 Å². The molecule has 0 amide bonds. The van der Waals surface area contributed by atoms with Crippen molar-refractivity contribution in [3.8, 4) is 0 Å². The molecular weight excluding hydrogens is 186 g/mol. The topological polar surface area (TPSA) is 35.2 Å². The zero-order chi connectivity index (χ0) is 10.9. The quantitative estimate of drug-likeness (QED) is 0.775. The maximum Gasteiger partial charge on any atom is 0.0523 e. The van der Waals surface area contributed by atoms with Crippen molar-refractivity contribution in [2.75, 3.05) is 19.8 Å². The largest absolute Gasteiger partial charge is 0.381 e. The Balaban J connectivity index is 1.90. The van der Waals surface area contributed by atoms with E-state index in [1.54, 1.807) is 0 Å². The molecule has 1 heterocycles. The van der Waals surface area contributed by atoms with Crippen molar-refractivity contribution in [3.63, 3.8) is 0 Å². The lowest BCUT2D eigenvalue weighted by Gasteiger charge is -2.45. The minimum Gasteiger partial charge on any atom is -0.381 e. The molecule has 2 N–H and O–H groups in total. The summed E-state index contributed by atoms with van der Waals surface area (Å²) in [5.74, 6) is 2.79. The van der Waals surface area contributed by atoms with Crippen molar-refractivity contribution in [2.45, 2.75) is 39.5 Å². The van der Waals surface area contributed by atoms with E-state index in [9.17, 15) is 0 Å². The molecule has 2 heteroatoms. The molecule has 2 aliphatic rings. The van der Waals surface area contributed by atoms with Gasteiger partial charge in [0, 0.05) is 6.61 Å². The van der Waals surface area contributed by atoms with Crippen LogP contribution in [-0.4, -0.2) is 19.8 Å². The van der Waals surface area contributed by atoms with Gasteiger partial charge in [0.15, 0.2) is 0 Å². The van der Waals surface area contributed by atoms with E-state index < -0.39 is 0 Å². The van der Waals surface area contributed by atoms with Crippen LogP contribution in [0.2, 0.25) is 0 Å². The van der Waals surface area contributed by atoms with E-state index in [1.807, 2.05) is 0 Å². The van der Waals surface area contributed by atoms with Crippen LogP contribution in [0.1, 0.15) is 39.5 Å². The molecule has 1 saturated heterocycles. The third-order valence-electron chi connectivity index (χ3n) is 4.87. The van der Waals surface area contributed by atoms with Gasteiger partial charge in [0.1, 0.15) is 0 Å². The molecule has 0 spiro atoms. The maximum absolute atomic E-state index is 5.74. The summed E-state index contributed by atoms with van der Waals surface area (Å²) >= 11 is 0. The Labute approximate surface area is 93.6 Å². The smallest absolute Gasteiger partial charge is 0.0523 e. The molecule has 4 unspecified atom stereocenters. The average molecular weight is 211 g/mol. The molecule has 1 aliphatic carbocycles. The van der Waals surface area contributed by atoms with E-state index in [4.69, 9.17) is 10.5 Å². The van der Waals surface area contributed by atoms with Gasteiger partial charge in [-0.25, -0.2) is 0 Å². The molecule has 0 bridgehead atoms. The van der Waals surface area contributed by atoms with E-state index in [-0.39, 0.29) is 0 Å². The van der Waals surface area contributed by atoms with Gasteiger partial charge in [-0.05, 0) is 55.4 Å². The van der Waals surface area contributed by atoms with Crippen LogP contribution in [0, 0.1) is 23.2 Å². The average Bonchev–Trinajstić information content (AvgIpc) is 2.67. The van der Waals surface area contributed by atoms with E-state index in [0.717, 1.165) is 43.9 Å². The summed E-state index contributed by atoms with van der Waals surface area (Å²) in [5.41, 5.74) is 6.17. The number of hydrogen-bond acceptors (Lipinski definition) is 2. The highest BCUT2D eigenvalue weighted by Crippen LogP contribution is 2.49. The maximum atomic E-state index is 5.74. The summed E-state index contributed by atoms with van der Waals surface area (Å²) < 4.78 is 5.59. The Hall–Kier alpha value is -0.0800. The third kappa shape index (κ3) is 2.21. The molecule has 0 aromatic carbocycles. The summed E-state index contributed by atoms with van der Waals surface area (Å²) in [6.07, 6.45) is 5.18. The molecule has 0 aromatic rings. The van der Waals surface area contributed by atoms with Gasteiger partial charge in [-0.3, -0.25) is 0 Å². The fraction of sp³-hybridized carbons (Fsp3) is 1.00. The molecule has 2 nitrogen and oxygen atoms in total. The molecule has 0 aromatic heterocycles. The fourth-order valence-electron chi connectivity index (χ4n) is 3.42. The standard InChI is InChI=1S/C13H25NO/c1-10-7-12(11(10)2)8-13(3-5-14)4-6-15-9-13/h10-12H,3-9,14H2,1-2H3. The van der Waals surface area contributed by atoms with Crippen LogP contribution in [-0.2, 0) is 4.74 Å². The highest BCUT2D eigenvalue weighted by Gasteiger charge is 2.42. The number of hydrogen-bond donors (Lipinski definition) is 1. The lowest BCUT2D eigenvalue weighted by Crippen LogP contribution is -2.38. The van der Waals surface area contributed by atoms with E-state index in [2.05, 4.69) is 13.8 Å². The van der Waals surface area contributed by atoms with Gasteiger partial charge in [-0.1, -0.05) is 13.8 Å². The van der Waals surface area contributed by atoms with Gasteiger partial charge in [0.25, 0.3) is 0 Å². The molecule has 1 saturated carbocycles.